The summed E-state index contributed by atoms with van der Waals surface area (Å²) < 4.78 is 1.99. The van der Waals surface area contributed by atoms with Gasteiger partial charge in [0.1, 0.15) is 5.75 Å². The molecule has 0 spiro atoms. The normalized spacial score (nSPS) is 10.6. The summed E-state index contributed by atoms with van der Waals surface area (Å²) in [5, 5.41) is 12.8. The van der Waals surface area contributed by atoms with Crippen LogP contribution in [0.15, 0.2) is 60.0 Å². The summed E-state index contributed by atoms with van der Waals surface area (Å²) in [4.78, 5) is 16.5. The van der Waals surface area contributed by atoms with E-state index in [0.29, 0.717) is 5.69 Å². The topological polar surface area (TPSA) is 67.2 Å². The summed E-state index contributed by atoms with van der Waals surface area (Å²) >= 11 is 1.38. The van der Waals surface area contributed by atoms with E-state index in [9.17, 15) is 9.90 Å². The van der Waals surface area contributed by atoms with Crippen molar-refractivity contribution in [3.63, 3.8) is 0 Å². The van der Waals surface area contributed by atoms with E-state index in [2.05, 4.69) is 42.3 Å². The molecule has 0 unspecified atom stereocenters. The van der Waals surface area contributed by atoms with Gasteiger partial charge in [0.25, 0.3) is 0 Å². The molecule has 3 rings (SSSR count). The number of nitrogens with zero attached hydrogens (tertiary/aromatic N) is 2. The van der Waals surface area contributed by atoms with Crippen LogP contribution in [0.4, 0.5) is 5.69 Å². The molecule has 0 fully saturated rings. The van der Waals surface area contributed by atoms with Gasteiger partial charge >= 0.3 is 0 Å². The van der Waals surface area contributed by atoms with Crippen LogP contribution in [0.3, 0.4) is 0 Å². The minimum Gasteiger partial charge on any atom is -0.508 e. The quantitative estimate of drug-likeness (QED) is 0.539. The predicted octanol–water partition coefficient (Wildman–Crippen LogP) is 3.93. The largest absolute Gasteiger partial charge is 0.508 e. The van der Waals surface area contributed by atoms with Crippen molar-refractivity contribution < 1.29 is 9.90 Å². The van der Waals surface area contributed by atoms with Crippen LogP contribution in [0.5, 0.6) is 5.75 Å². The van der Waals surface area contributed by atoms with E-state index in [1.54, 1.807) is 18.3 Å². The SMILES string of the molecule is Cc1ccc(-n2ccnc2SCC(=O)Nc2ccc(O)cc2)c(C)c1. The Bertz CT molecular complexity index is 888. The number of phenolic OH excluding ortho intramolecular Hbond substituents is 1. The van der Waals surface area contributed by atoms with Gasteiger partial charge in [-0.2, -0.15) is 0 Å². The third-order valence-corrected chi connectivity index (χ3v) is 4.67. The number of imidazole rings is 1. The van der Waals surface area contributed by atoms with Gasteiger partial charge in [-0.15, -0.1) is 0 Å². The van der Waals surface area contributed by atoms with Gasteiger partial charge in [0.15, 0.2) is 5.16 Å². The first-order valence-corrected chi connectivity index (χ1v) is 8.84. The lowest BCUT2D eigenvalue weighted by Gasteiger charge is -2.11. The van der Waals surface area contributed by atoms with Gasteiger partial charge in [-0.05, 0) is 49.7 Å². The summed E-state index contributed by atoms with van der Waals surface area (Å²) in [7, 11) is 0. The number of aromatic nitrogens is 2. The average Bonchev–Trinajstić information content (AvgIpc) is 3.03. The molecule has 128 valence electrons. The molecule has 25 heavy (non-hydrogen) atoms. The fourth-order valence-electron chi connectivity index (χ4n) is 2.53. The van der Waals surface area contributed by atoms with E-state index in [4.69, 9.17) is 0 Å². The summed E-state index contributed by atoms with van der Waals surface area (Å²) in [6, 6.07) is 12.6. The highest BCUT2D eigenvalue weighted by atomic mass is 32.2. The zero-order chi connectivity index (χ0) is 17.8. The van der Waals surface area contributed by atoms with Gasteiger partial charge in [-0.25, -0.2) is 4.98 Å². The zero-order valence-electron chi connectivity index (χ0n) is 14.1. The minimum atomic E-state index is -0.120. The maximum atomic E-state index is 12.1. The molecular weight excluding hydrogens is 334 g/mol. The van der Waals surface area contributed by atoms with Crippen molar-refractivity contribution in [1.29, 1.82) is 0 Å². The van der Waals surface area contributed by atoms with Gasteiger partial charge < -0.3 is 10.4 Å². The molecule has 0 aliphatic carbocycles. The Morgan fingerprint density at radius 2 is 1.96 bits per heavy atom. The molecule has 1 aromatic heterocycles. The van der Waals surface area contributed by atoms with E-state index in [-0.39, 0.29) is 17.4 Å². The Balaban J connectivity index is 1.67. The highest BCUT2D eigenvalue weighted by molar-refractivity contribution is 7.99. The first kappa shape index (κ1) is 17.1. The molecule has 0 saturated carbocycles. The molecule has 0 atom stereocenters. The van der Waals surface area contributed by atoms with Crippen molar-refractivity contribution in [2.24, 2.45) is 0 Å². The number of amides is 1. The number of nitrogens with one attached hydrogen (secondary N) is 1. The van der Waals surface area contributed by atoms with Gasteiger partial charge in [0.05, 0.1) is 11.4 Å². The number of aromatic hydroxyl groups is 1. The van der Waals surface area contributed by atoms with E-state index >= 15 is 0 Å². The Kier molecular flexibility index (Phi) is 5.09. The summed E-state index contributed by atoms with van der Waals surface area (Å²) in [5.41, 5.74) is 4.09. The van der Waals surface area contributed by atoms with E-state index < -0.39 is 0 Å². The number of carbonyl (C=O) groups excluding carboxylic acids is 1. The van der Waals surface area contributed by atoms with Gasteiger partial charge in [0, 0.05) is 18.1 Å². The number of anilines is 1. The summed E-state index contributed by atoms with van der Waals surface area (Å²) in [6.45, 7) is 4.13. The zero-order valence-corrected chi connectivity index (χ0v) is 14.9. The molecule has 0 aliphatic heterocycles. The highest BCUT2D eigenvalue weighted by Gasteiger charge is 2.11. The van der Waals surface area contributed by atoms with Crippen LogP contribution in [0, 0.1) is 13.8 Å². The number of thioether (sulfide) groups is 1. The van der Waals surface area contributed by atoms with Crippen LogP contribution >= 0.6 is 11.8 Å². The van der Waals surface area contributed by atoms with Crippen molar-refractivity contribution in [1.82, 2.24) is 9.55 Å². The van der Waals surface area contributed by atoms with Crippen LogP contribution in [0.1, 0.15) is 11.1 Å². The molecule has 2 aromatic carbocycles. The predicted molar refractivity (Wildman–Crippen MR) is 100 cm³/mol. The second-order valence-electron chi connectivity index (χ2n) is 5.75. The van der Waals surface area contributed by atoms with Crippen molar-refractivity contribution in [3.05, 3.63) is 66.0 Å². The summed E-state index contributed by atoms with van der Waals surface area (Å²) in [5.74, 6) is 0.303. The van der Waals surface area contributed by atoms with E-state index in [1.807, 2.05) is 10.8 Å². The molecule has 0 bridgehead atoms. The molecule has 5 nitrogen and oxygen atoms in total. The first-order valence-electron chi connectivity index (χ1n) is 7.85. The van der Waals surface area contributed by atoms with E-state index in [0.717, 1.165) is 16.4 Å². The minimum absolute atomic E-state index is 0.120. The number of benzene rings is 2. The third-order valence-electron chi connectivity index (χ3n) is 3.70. The molecule has 0 radical (unpaired) electrons. The lowest BCUT2D eigenvalue weighted by molar-refractivity contribution is -0.113. The maximum absolute atomic E-state index is 12.1. The fourth-order valence-corrected chi connectivity index (χ4v) is 3.29. The molecule has 0 saturated heterocycles. The summed E-state index contributed by atoms with van der Waals surface area (Å²) in [6.07, 6.45) is 3.64. The van der Waals surface area contributed by atoms with Crippen LogP contribution in [0.2, 0.25) is 0 Å². The third kappa shape index (κ3) is 4.22. The van der Waals surface area contributed by atoms with E-state index in [1.165, 1.54) is 29.5 Å². The van der Waals surface area contributed by atoms with Crippen molar-refractivity contribution in [2.45, 2.75) is 19.0 Å². The maximum Gasteiger partial charge on any atom is 0.234 e. The van der Waals surface area contributed by atoms with Gasteiger partial charge in [-0.3, -0.25) is 9.36 Å². The molecule has 2 N–H and O–H groups in total. The number of hydrogen-bond acceptors (Lipinski definition) is 4. The Morgan fingerprint density at radius 1 is 1.20 bits per heavy atom. The molecule has 3 aromatic rings. The first-order chi connectivity index (χ1) is 12.0. The number of hydrogen-bond donors (Lipinski definition) is 2. The second kappa shape index (κ2) is 7.44. The average molecular weight is 353 g/mol. The number of carbonyl (C=O) groups is 1. The Labute approximate surface area is 150 Å². The monoisotopic (exact) mass is 353 g/mol. The molecule has 0 aliphatic rings. The van der Waals surface area contributed by atoms with Crippen LogP contribution in [0.25, 0.3) is 5.69 Å². The molecule has 1 heterocycles. The van der Waals surface area contributed by atoms with Crippen LogP contribution in [-0.2, 0) is 4.79 Å². The molecule has 6 heteroatoms. The van der Waals surface area contributed by atoms with Crippen molar-refractivity contribution >= 4 is 23.4 Å². The molecular formula is C19H19N3O2S. The Hall–Kier alpha value is -2.73. The van der Waals surface area contributed by atoms with Gasteiger partial charge in [0.2, 0.25) is 5.91 Å². The van der Waals surface area contributed by atoms with Crippen LogP contribution in [-0.4, -0.2) is 26.3 Å². The fraction of sp³-hybridized carbons (Fsp3) is 0.158. The Morgan fingerprint density at radius 3 is 2.68 bits per heavy atom. The van der Waals surface area contributed by atoms with Crippen molar-refractivity contribution in [3.8, 4) is 11.4 Å². The highest BCUT2D eigenvalue weighted by Crippen LogP contribution is 2.23. The van der Waals surface area contributed by atoms with Gasteiger partial charge in [-0.1, -0.05) is 29.5 Å². The molecule has 1 amide bonds. The number of phenols is 1. The van der Waals surface area contributed by atoms with Crippen LogP contribution < -0.4 is 5.32 Å². The second-order valence-corrected chi connectivity index (χ2v) is 6.70. The lowest BCUT2D eigenvalue weighted by atomic mass is 10.1. The lowest BCUT2D eigenvalue weighted by Crippen LogP contribution is -2.14. The number of rotatable bonds is 5. The van der Waals surface area contributed by atoms with Crippen molar-refractivity contribution in [2.75, 3.05) is 11.1 Å². The standard InChI is InChI=1S/C19H19N3O2S/c1-13-3-8-17(14(2)11-13)22-10-9-20-19(22)25-12-18(24)21-15-4-6-16(23)7-5-15/h3-11,23H,12H2,1-2H3,(H,21,24). The smallest absolute Gasteiger partial charge is 0.234 e. The number of aryl methyl sites for hydroxylation is 2.